The minimum absolute atomic E-state index is 0.000420. The first kappa shape index (κ1) is 31.3. The number of hydrogen-bond acceptors (Lipinski definition) is 6. The lowest BCUT2D eigenvalue weighted by molar-refractivity contribution is -0.143. The van der Waals surface area contributed by atoms with Crippen molar-refractivity contribution in [1.29, 1.82) is 0 Å². The fourth-order valence-electron chi connectivity index (χ4n) is 5.59. The summed E-state index contributed by atoms with van der Waals surface area (Å²) in [4.78, 5) is 76.2. The average molecular weight is 610 g/mol. The number of halogens is 2. The Morgan fingerprint density at radius 3 is 2.60 bits per heavy atom. The van der Waals surface area contributed by atoms with Crippen LogP contribution in [0.2, 0.25) is 0 Å². The van der Waals surface area contributed by atoms with Crippen LogP contribution in [0.5, 0.6) is 0 Å². The number of aldehydes is 1. The van der Waals surface area contributed by atoms with Crippen molar-refractivity contribution in [1.82, 2.24) is 20.5 Å². The SMILES string of the molecule is CP(=O)(O)C(F)(F)c1ccc2cc(C(=O)NC3CCCCC4CCC(C(=O)NC(C=O)CCC(N)=O)N4C3=O)[nH]c2c1. The normalized spacial score (nSPS) is 23.3. The Morgan fingerprint density at radius 2 is 1.93 bits per heavy atom. The van der Waals surface area contributed by atoms with E-state index in [0.29, 0.717) is 50.4 Å². The van der Waals surface area contributed by atoms with Crippen molar-refractivity contribution in [2.45, 2.75) is 81.2 Å². The van der Waals surface area contributed by atoms with Gasteiger partial charge in [-0.2, -0.15) is 8.78 Å². The van der Waals surface area contributed by atoms with Crippen LogP contribution in [0.1, 0.15) is 67.4 Å². The molecular formula is C27H34F2N5O7P. The number of H-pyrrole nitrogens is 1. The number of aromatic nitrogens is 1. The van der Waals surface area contributed by atoms with Crippen molar-refractivity contribution < 1.29 is 42.2 Å². The molecule has 3 heterocycles. The number of primary amides is 1. The van der Waals surface area contributed by atoms with E-state index in [1.807, 2.05) is 0 Å². The van der Waals surface area contributed by atoms with Gasteiger partial charge < -0.3 is 35.9 Å². The first-order valence-corrected chi connectivity index (χ1v) is 15.8. The minimum Gasteiger partial charge on any atom is -0.370 e. The van der Waals surface area contributed by atoms with E-state index in [1.165, 1.54) is 17.0 Å². The molecule has 0 radical (unpaired) electrons. The van der Waals surface area contributed by atoms with Crippen LogP contribution in [0.25, 0.3) is 10.9 Å². The Morgan fingerprint density at radius 1 is 1.21 bits per heavy atom. The highest BCUT2D eigenvalue weighted by Crippen LogP contribution is 2.59. The van der Waals surface area contributed by atoms with E-state index >= 15 is 0 Å². The highest BCUT2D eigenvalue weighted by Gasteiger charge is 2.47. The summed E-state index contributed by atoms with van der Waals surface area (Å²) in [6, 6.07) is 1.78. The molecule has 228 valence electrons. The van der Waals surface area contributed by atoms with E-state index < -0.39 is 60.4 Å². The Balaban J connectivity index is 1.50. The number of fused-ring (bicyclic) bond motifs is 2. The minimum atomic E-state index is -4.79. The van der Waals surface area contributed by atoms with Gasteiger partial charge in [0, 0.05) is 35.6 Å². The summed E-state index contributed by atoms with van der Waals surface area (Å²) in [5.74, 6) is -2.24. The molecule has 15 heteroatoms. The molecule has 2 aliphatic rings. The Labute approximate surface area is 240 Å². The number of nitrogens with one attached hydrogen (secondary N) is 3. The number of carbonyl (C=O) groups is 5. The van der Waals surface area contributed by atoms with Crippen LogP contribution in [-0.2, 0) is 29.4 Å². The smallest absolute Gasteiger partial charge is 0.346 e. The van der Waals surface area contributed by atoms with Crippen LogP contribution in [0.3, 0.4) is 0 Å². The molecule has 12 nitrogen and oxygen atoms in total. The topological polar surface area (TPSA) is 192 Å². The number of amides is 4. The van der Waals surface area contributed by atoms with Gasteiger partial charge in [0.25, 0.3) is 13.3 Å². The molecule has 0 saturated carbocycles. The van der Waals surface area contributed by atoms with E-state index in [-0.39, 0.29) is 30.1 Å². The zero-order valence-electron chi connectivity index (χ0n) is 23.0. The third-order valence-corrected chi connectivity index (χ3v) is 9.17. The maximum absolute atomic E-state index is 14.4. The summed E-state index contributed by atoms with van der Waals surface area (Å²) in [6.45, 7) is 0.570. The Hall–Kier alpha value is -3.64. The summed E-state index contributed by atoms with van der Waals surface area (Å²) in [5, 5.41) is 5.70. The number of rotatable bonds is 10. The van der Waals surface area contributed by atoms with Crippen LogP contribution < -0.4 is 16.4 Å². The van der Waals surface area contributed by atoms with Crippen molar-refractivity contribution >= 4 is 48.2 Å². The van der Waals surface area contributed by atoms with Crippen LogP contribution in [-0.4, -0.2) is 75.5 Å². The van der Waals surface area contributed by atoms with Gasteiger partial charge in [-0.1, -0.05) is 25.0 Å². The molecular weight excluding hydrogens is 575 g/mol. The summed E-state index contributed by atoms with van der Waals surface area (Å²) in [7, 11) is -4.79. The molecule has 2 aromatic rings. The molecule has 4 rings (SSSR count). The summed E-state index contributed by atoms with van der Waals surface area (Å²) < 4.78 is 40.5. The van der Waals surface area contributed by atoms with Crippen molar-refractivity contribution in [3.05, 3.63) is 35.5 Å². The number of alkyl halides is 2. The van der Waals surface area contributed by atoms with Gasteiger partial charge in [-0.15, -0.1) is 0 Å². The fraction of sp³-hybridized carbons (Fsp3) is 0.519. The molecule has 5 atom stereocenters. The predicted molar refractivity (Wildman–Crippen MR) is 148 cm³/mol. The zero-order chi connectivity index (χ0) is 30.8. The molecule has 1 aromatic carbocycles. The number of benzene rings is 1. The molecule has 0 aliphatic carbocycles. The van der Waals surface area contributed by atoms with Gasteiger partial charge in [-0.25, -0.2) is 0 Å². The predicted octanol–water partition coefficient (Wildman–Crippen LogP) is 2.10. The van der Waals surface area contributed by atoms with Crippen molar-refractivity contribution in [2.75, 3.05) is 6.66 Å². The maximum atomic E-state index is 14.4. The van der Waals surface area contributed by atoms with Crippen LogP contribution in [0.4, 0.5) is 8.78 Å². The number of nitrogens with two attached hydrogens (primary N) is 1. The largest absolute Gasteiger partial charge is 0.370 e. The van der Waals surface area contributed by atoms with Gasteiger partial charge in [0.2, 0.25) is 17.7 Å². The van der Waals surface area contributed by atoms with Crippen LogP contribution >= 0.6 is 7.37 Å². The number of hydrogen-bond donors (Lipinski definition) is 5. The van der Waals surface area contributed by atoms with E-state index in [9.17, 15) is 42.2 Å². The van der Waals surface area contributed by atoms with E-state index in [0.717, 1.165) is 18.6 Å². The van der Waals surface area contributed by atoms with Gasteiger partial charge in [-0.05, 0) is 44.2 Å². The van der Waals surface area contributed by atoms with Crippen molar-refractivity contribution in [3.8, 4) is 0 Å². The first-order chi connectivity index (χ1) is 19.7. The molecule has 42 heavy (non-hydrogen) atoms. The number of aromatic amines is 1. The molecule has 2 saturated heterocycles. The monoisotopic (exact) mass is 609 g/mol. The molecule has 5 unspecified atom stereocenters. The van der Waals surface area contributed by atoms with E-state index in [2.05, 4.69) is 15.6 Å². The number of nitrogens with zero attached hydrogens (tertiary/aromatic N) is 1. The van der Waals surface area contributed by atoms with Gasteiger partial charge in [-0.3, -0.25) is 23.7 Å². The highest BCUT2D eigenvalue weighted by molar-refractivity contribution is 7.58. The second kappa shape index (κ2) is 12.3. The third kappa shape index (κ3) is 6.54. The van der Waals surface area contributed by atoms with Crippen LogP contribution in [0.15, 0.2) is 24.3 Å². The third-order valence-electron chi connectivity index (χ3n) is 7.87. The van der Waals surface area contributed by atoms with Crippen LogP contribution in [0, 0.1) is 0 Å². The molecule has 4 amide bonds. The van der Waals surface area contributed by atoms with Gasteiger partial charge in [0.1, 0.15) is 24.1 Å². The summed E-state index contributed by atoms with van der Waals surface area (Å²) >= 11 is 0. The standard InChI is InChI=1S/C27H34F2N5O7P/c1-42(40,41)27(28,29)16-7-6-15-12-21(32-20(15)13-16)24(37)33-19-5-3-2-4-18-9-10-22(34(18)26(19)39)25(38)31-17(14-35)8-11-23(30)36/h6-7,12-14,17-19,22,32H,2-5,8-11H2,1H3,(H2,30,36)(H,31,38)(H,33,37)(H,40,41). The number of carbonyl (C=O) groups excluding carboxylic acids is 5. The van der Waals surface area contributed by atoms with Gasteiger partial charge in [0.15, 0.2) is 0 Å². The quantitative estimate of drug-likeness (QED) is 0.201. The maximum Gasteiger partial charge on any atom is 0.346 e. The first-order valence-electron chi connectivity index (χ1n) is 13.7. The average Bonchev–Trinajstić information content (AvgIpc) is 3.54. The van der Waals surface area contributed by atoms with Gasteiger partial charge >= 0.3 is 5.66 Å². The second-order valence-electron chi connectivity index (χ2n) is 11.0. The molecule has 2 fully saturated rings. The molecule has 6 N–H and O–H groups in total. The van der Waals surface area contributed by atoms with Crippen molar-refractivity contribution in [2.24, 2.45) is 5.73 Å². The summed E-state index contributed by atoms with van der Waals surface area (Å²) in [6.07, 6.45) is 3.82. The van der Waals surface area contributed by atoms with Crippen molar-refractivity contribution in [3.63, 3.8) is 0 Å². The lowest BCUT2D eigenvalue weighted by Crippen LogP contribution is -2.57. The van der Waals surface area contributed by atoms with E-state index in [1.54, 1.807) is 0 Å². The summed E-state index contributed by atoms with van der Waals surface area (Å²) in [5.41, 5.74) is 0.622. The lowest BCUT2D eigenvalue weighted by atomic mass is 9.98. The molecule has 2 aliphatic heterocycles. The lowest BCUT2D eigenvalue weighted by Gasteiger charge is -2.35. The Bertz CT molecular complexity index is 1440. The second-order valence-corrected chi connectivity index (χ2v) is 13.3. The molecule has 0 spiro atoms. The van der Waals surface area contributed by atoms with Gasteiger partial charge in [0.05, 0.1) is 6.04 Å². The van der Waals surface area contributed by atoms with E-state index in [4.69, 9.17) is 5.73 Å². The zero-order valence-corrected chi connectivity index (χ0v) is 23.9. The molecule has 0 bridgehead atoms. The highest BCUT2D eigenvalue weighted by atomic mass is 31.2. The fourth-order valence-corrected chi connectivity index (χ4v) is 6.20. The molecule has 1 aromatic heterocycles. The Kier molecular flexibility index (Phi) is 9.17.